The third kappa shape index (κ3) is 3.07. The van der Waals surface area contributed by atoms with E-state index in [0.29, 0.717) is 6.61 Å². The molecule has 1 heteroatoms. The van der Waals surface area contributed by atoms with Gasteiger partial charge in [-0.3, -0.25) is 0 Å². The Morgan fingerprint density at radius 2 is 1.88 bits per heavy atom. The third-order valence-corrected chi connectivity index (χ3v) is 4.61. The van der Waals surface area contributed by atoms with Gasteiger partial charge in [-0.1, -0.05) is 93.3 Å². The molecule has 0 fully saturated rings. The summed E-state index contributed by atoms with van der Waals surface area (Å²) >= 11 is 0. The molecule has 3 rings (SSSR count). The molecule has 0 bridgehead atoms. The van der Waals surface area contributed by atoms with Crippen molar-refractivity contribution >= 4 is 0 Å². The lowest BCUT2D eigenvalue weighted by Crippen LogP contribution is -2.20. The average molecular weight is 316 g/mol. The summed E-state index contributed by atoms with van der Waals surface area (Å²) in [4.78, 5) is 0. The molecule has 0 spiro atoms. The van der Waals surface area contributed by atoms with E-state index in [1.54, 1.807) is 6.08 Å². The molecule has 0 saturated carbocycles. The first-order chi connectivity index (χ1) is 11.6. The van der Waals surface area contributed by atoms with E-state index in [0.717, 1.165) is 17.7 Å². The van der Waals surface area contributed by atoms with Crippen LogP contribution in [0.4, 0.5) is 0 Å². The number of hydrogen-bond donors (Lipinski definition) is 0. The summed E-state index contributed by atoms with van der Waals surface area (Å²) in [6.07, 6.45) is 9.55. The van der Waals surface area contributed by atoms with Gasteiger partial charge in [0.15, 0.2) is 0 Å². The first-order valence-corrected chi connectivity index (χ1v) is 8.44. The van der Waals surface area contributed by atoms with E-state index in [2.05, 4.69) is 81.1 Å². The van der Waals surface area contributed by atoms with Crippen LogP contribution in [0.5, 0.6) is 5.75 Å². The Morgan fingerprint density at radius 1 is 1.08 bits per heavy atom. The van der Waals surface area contributed by atoms with E-state index in [1.165, 1.54) is 16.7 Å². The highest BCUT2D eigenvalue weighted by atomic mass is 16.5. The molecule has 24 heavy (non-hydrogen) atoms. The smallest absolute Gasteiger partial charge is 0.131 e. The molecular formula is C23H24O. The molecule has 0 amide bonds. The quantitative estimate of drug-likeness (QED) is 0.587. The molecule has 0 saturated heterocycles. The Kier molecular flexibility index (Phi) is 4.71. The van der Waals surface area contributed by atoms with Crippen LogP contribution in [0.1, 0.15) is 25.8 Å². The Labute approximate surface area is 145 Å². The summed E-state index contributed by atoms with van der Waals surface area (Å²) in [5.41, 5.74) is 4.75. The van der Waals surface area contributed by atoms with Crippen LogP contribution >= 0.6 is 0 Å². The summed E-state index contributed by atoms with van der Waals surface area (Å²) in [5, 5.41) is 0. The zero-order valence-corrected chi connectivity index (χ0v) is 14.5. The van der Waals surface area contributed by atoms with Gasteiger partial charge in [-0.05, 0) is 17.6 Å². The number of rotatable bonds is 6. The maximum atomic E-state index is 6.15. The summed E-state index contributed by atoms with van der Waals surface area (Å²) in [5.74, 6) is 0.954. The summed E-state index contributed by atoms with van der Waals surface area (Å²) < 4.78 is 6.15. The van der Waals surface area contributed by atoms with Gasteiger partial charge >= 0.3 is 0 Å². The Balaban J connectivity index is 2.15. The normalized spacial score (nSPS) is 13.7. The SMILES string of the molecule is C=CCOc1c(-c2ccccc2)cccc1C(C)(C)C1=CCC=C1. The van der Waals surface area contributed by atoms with E-state index in [9.17, 15) is 0 Å². The fourth-order valence-corrected chi connectivity index (χ4v) is 3.25. The second kappa shape index (κ2) is 6.92. The molecule has 1 aliphatic rings. The van der Waals surface area contributed by atoms with Crippen LogP contribution in [0.2, 0.25) is 0 Å². The fourth-order valence-electron chi connectivity index (χ4n) is 3.25. The monoisotopic (exact) mass is 316 g/mol. The van der Waals surface area contributed by atoms with Crippen LogP contribution < -0.4 is 4.74 Å². The van der Waals surface area contributed by atoms with Gasteiger partial charge in [-0.2, -0.15) is 0 Å². The molecule has 0 atom stereocenters. The number of ether oxygens (including phenoxy) is 1. The summed E-state index contributed by atoms with van der Waals surface area (Å²) in [6, 6.07) is 16.8. The fraction of sp³-hybridized carbons (Fsp3) is 0.217. The number of para-hydroxylation sites is 1. The lowest BCUT2D eigenvalue weighted by molar-refractivity contribution is 0.354. The lowest BCUT2D eigenvalue weighted by atomic mass is 9.76. The minimum absolute atomic E-state index is 0.103. The zero-order valence-electron chi connectivity index (χ0n) is 14.5. The van der Waals surface area contributed by atoms with Gasteiger partial charge in [0.25, 0.3) is 0 Å². The zero-order chi connectivity index (χ0) is 17.0. The maximum absolute atomic E-state index is 6.15. The second-order valence-electron chi connectivity index (χ2n) is 6.57. The third-order valence-electron chi connectivity index (χ3n) is 4.61. The second-order valence-corrected chi connectivity index (χ2v) is 6.57. The van der Waals surface area contributed by atoms with Crippen LogP contribution in [0.3, 0.4) is 0 Å². The van der Waals surface area contributed by atoms with Crippen LogP contribution in [-0.2, 0) is 5.41 Å². The summed E-state index contributed by atoms with van der Waals surface area (Å²) in [7, 11) is 0. The van der Waals surface area contributed by atoms with Crippen molar-refractivity contribution in [1.29, 1.82) is 0 Å². The average Bonchev–Trinajstić information content (AvgIpc) is 3.16. The molecule has 0 unspecified atom stereocenters. The van der Waals surface area contributed by atoms with E-state index < -0.39 is 0 Å². The van der Waals surface area contributed by atoms with Gasteiger partial charge in [0.1, 0.15) is 12.4 Å². The van der Waals surface area contributed by atoms with Gasteiger partial charge < -0.3 is 4.74 Å². The number of hydrogen-bond acceptors (Lipinski definition) is 1. The minimum Gasteiger partial charge on any atom is -0.489 e. The Bertz CT molecular complexity index is 779. The highest BCUT2D eigenvalue weighted by Crippen LogP contribution is 2.43. The minimum atomic E-state index is -0.103. The van der Waals surface area contributed by atoms with Crippen molar-refractivity contribution in [1.82, 2.24) is 0 Å². The first-order valence-electron chi connectivity index (χ1n) is 8.44. The van der Waals surface area contributed by atoms with Gasteiger partial charge in [-0.25, -0.2) is 0 Å². The molecule has 122 valence electrons. The molecule has 0 aromatic heterocycles. The van der Waals surface area contributed by atoms with Crippen LogP contribution in [0, 0.1) is 0 Å². The molecule has 1 aliphatic carbocycles. The van der Waals surface area contributed by atoms with E-state index in [-0.39, 0.29) is 5.41 Å². The number of allylic oxidation sites excluding steroid dienone is 4. The van der Waals surface area contributed by atoms with Crippen molar-refractivity contribution < 1.29 is 4.74 Å². The van der Waals surface area contributed by atoms with Crippen LogP contribution in [-0.4, -0.2) is 6.61 Å². The lowest BCUT2D eigenvalue weighted by Gasteiger charge is -2.29. The molecule has 0 N–H and O–H groups in total. The largest absolute Gasteiger partial charge is 0.489 e. The Morgan fingerprint density at radius 3 is 2.54 bits per heavy atom. The van der Waals surface area contributed by atoms with Crippen molar-refractivity contribution in [3.05, 3.63) is 90.6 Å². The molecule has 0 heterocycles. The van der Waals surface area contributed by atoms with E-state index in [4.69, 9.17) is 4.74 Å². The van der Waals surface area contributed by atoms with Gasteiger partial charge in [0, 0.05) is 16.5 Å². The first kappa shape index (κ1) is 16.3. The maximum Gasteiger partial charge on any atom is 0.131 e. The Hall–Kier alpha value is -2.54. The van der Waals surface area contributed by atoms with Crippen molar-refractivity contribution in [2.75, 3.05) is 6.61 Å². The summed E-state index contributed by atoms with van der Waals surface area (Å²) in [6.45, 7) is 8.83. The molecule has 0 radical (unpaired) electrons. The standard InChI is InChI=1S/C23H24O/c1-4-17-24-22-20(18-11-6-5-7-12-18)15-10-16-21(22)23(2,3)19-13-8-9-14-19/h4-8,10-16H,1,9,17H2,2-3H3. The van der Waals surface area contributed by atoms with E-state index >= 15 is 0 Å². The molecular weight excluding hydrogens is 292 g/mol. The highest BCUT2D eigenvalue weighted by molar-refractivity contribution is 5.73. The van der Waals surface area contributed by atoms with Gasteiger partial charge in [-0.15, -0.1) is 0 Å². The van der Waals surface area contributed by atoms with Gasteiger partial charge in [0.05, 0.1) is 0 Å². The number of benzene rings is 2. The highest BCUT2D eigenvalue weighted by Gasteiger charge is 2.29. The van der Waals surface area contributed by atoms with Crippen molar-refractivity contribution in [2.24, 2.45) is 0 Å². The van der Waals surface area contributed by atoms with Crippen LogP contribution in [0.25, 0.3) is 11.1 Å². The topological polar surface area (TPSA) is 9.23 Å². The molecule has 0 aliphatic heterocycles. The molecule has 2 aromatic carbocycles. The predicted octanol–water partition coefficient (Wildman–Crippen LogP) is 6.08. The van der Waals surface area contributed by atoms with Crippen LogP contribution in [0.15, 0.2) is 85.0 Å². The van der Waals surface area contributed by atoms with Crippen molar-refractivity contribution in [2.45, 2.75) is 25.7 Å². The predicted molar refractivity (Wildman–Crippen MR) is 102 cm³/mol. The van der Waals surface area contributed by atoms with Gasteiger partial charge in [0.2, 0.25) is 0 Å². The van der Waals surface area contributed by atoms with Crippen molar-refractivity contribution in [3.63, 3.8) is 0 Å². The molecule has 2 aromatic rings. The van der Waals surface area contributed by atoms with Crippen molar-refractivity contribution in [3.8, 4) is 16.9 Å². The van der Waals surface area contributed by atoms with E-state index in [1.807, 2.05) is 6.07 Å². The molecule has 1 nitrogen and oxygen atoms in total.